The lowest BCUT2D eigenvalue weighted by atomic mass is 10.1. The van der Waals surface area contributed by atoms with Crippen LogP contribution in [0.15, 0.2) is 67.6 Å². The number of aromatic nitrogens is 3. The molecule has 0 bridgehead atoms. The molecule has 0 saturated carbocycles. The van der Waals surface area contributed by atoms with Gasteiger partial charge < -0.3 is 25.0 Å². The molecule has 9 nitrogen and oxygen atoms in total. The number of likely N-dealkylation sites (tertiary alicyclic amines) is 1. The number of benzene rings is 2. The van der Waals surface area contributed by atoms with Crippen LogP contribution in [0.4, 0.5) is 21.7 Å². The molecule has 1 amide bonds. The van der Waals surface area contributed by atoms with Crippen molar-refractivity contribution >= 4 is 28.9 Å². The molecule has 1 aliphatic heterocycles. The average molecular weight is 503 g/mol. The van der Waals surface area contributed by atoms with Crippen molar-refractivity contribution in [2.75, 3.05) is 37.9 Å². The van der Waals surface area contributed by atoms with Crippen LogP contribution < -0.4 is 20.1 Å². The molecule has 2 N–H and O–H groups in total. The number of amides is 1. The monoisotopic (exact) mass is 502 g/mol. The number of rotatable bonds is 8. The van der Waals surface area contributed by atoms with E-state index in [0.29, 0.717) is 40.0 Å². The molecule has 0 aliphatic carbocycles. The quantitative estimate of drug-likeness (QED) is 0.343. The molecule has 3 heterocycles. The predicted octanol–water partition coefficient (Wildman–Crippen LogP) is 4.50. The van der Waals surface area contributed by atoms with Crippen molar-refractivity contribution in [1.29, 1.82) is 0 Å². The van der Waals surface area contributed by atoms with Crippen molar-refractivity contribution in [3.63, 3.8) is 0 Å². The Morgan fingerprint density at radius 3 is 2.81 bits per heavy atom. The van der Waals surface area contributed by atoms with Crippen LogP contribution in [0.2, 0.25) is 0 Å². The molecule has 5 rings (SSSR count). The summed E-state index contributed by atoms with van der Waals surface area (Å²) in [5.74, 6) is 0.593. The number of nitrogens with one attached hydrogen (secondary N) is 2. The van der Waals surface area contributed by atoms with Crippen LogP contribution >= 0.6 is 0 Å². The van der Waals surface area contributed by atoms with E-state index in [-0.39, 0.29) is 17.8 Å². The lowest BCUT2D eigenvalue weighted by molar-refractivity contribution is -0.111. The van der Waals surface area contributed by atoms with Gasteiger partial charge in [-0.2, -0.15) is 4.98 Å². The second kappa shape index (κ2) is 10.3. The first-order valence-corrected chi connectivity index (χ1v) is 11.8. The molecule has 1 aliphatic rings. The highest BCUT2D eigenvalue weighted by Crippen LogP contribution is 2.39. The van der Waals surface area contributed by atoms with Crippen LogP contribution in [0.3, 0.4) is 0 Å². The molecule has 1 unspecified atom stereocenters. The third-order valence-corrected chi connectivity index (χ3v) is 6.17. The van der Waals surface area contributed by atoms with Crippen LogP contribution in [-0.4, -0.2) is 58.5 Å². The second-order valence-electron chi connectivity index (χ2n) is 8.81. The number of hydrogen-bond acceptors (Lipinski definition) is 7. The Kier molecular flexibility index (Phi) is 6.74. The molecule has 190 valence electrons. The van der Waals surface area contributed by atoms with Crippen molar-refractivity contribution in [2.45, 2.75) is 12.5 Å². The number of methoxy groups -OCH3 is 1. The van der Waals surface area contributed by atoms with Gasteiger partial charge in [-0.05, 0) is 49.4 Å². The van der Waals surface area contributed by atoms with Crippen molar-refractivity contribution in [1.82, 2.24) is 19.3 Å². The maximum absolute atomic E-state index is 13.8. The fraction of sp³-hybridized carbons (Fsp3) is 0.222. The van der Waals surface area contributed by atoms with Gasteiger partial charge in [-0.3, -0.25) is 9.20 Å². The lowest BCUT2D eigenvalue weighted by Crippen LogP contribution is -2.22. The fourth-order valence-electron chi connectivity index (χ4n) is 4.34. The number of ether oxygens (including phenoxy) is 2. The highest BCUT2D eigenvalue weighted by atomic mass is 19.1. The molecular weight excluding hydrogens is 475 g/mol. The smallest absolute Gasteiger partial charge is 0.247 e. The number of hydrogen-bond donors (Lipinski definition) is 2. The van der Waals surface area contributed by atoms with E-state index in [9.17, 15) is 9.18 Å². The van der Waals surface area contributed by atoms with E-state index >= 15 is 0 Å². The van der Waals surface area contributed by atoms with Gasteiger partial charge in [-0.15, -0.1) is 0 Å². The van der Waals surface area contributed by atoms with Gasteiger partial charge >= 0.3 is 0 Å². The van der Waals surface area contributed by atoms with Gasteiger partial charge in [0, 0.05) is 30.9 Å². The Balaban J connectivity index is 1.50. The number of carbonyl (C=O) groups is 1. The largest absolute Gasteiger partial charge is 0.494 e. The number of anilines is 3. The van der Waals surface area contributed by atoms with Crippen LogP contribution in [0.1, 0.15) is 6.42 Å². The van der Waals surface area contributed by atoms with Crippen molar-refractivity contribution in [2.24, 2.45) is 0 Å². The summed E-state index contributed by atoms with van der Waals surface area (Å²) >= 11 is 0. The standard InChI is InChI=1S/C27H27FN6O3/c1-4-25(35)30-22-13-21(23(36-3)14-24(22)37-19-8-10-33(2)15-19)31-27-29-16-34-11-9-20(26(34)32-27)17-6-5-7-18(28)12-17/h4-7,9,11-14,16,19H,1,8,10,15H2,2-3H3,(H,30,35)(H,31,32). The molecule has 10 heteroatoms. The normalized spacial score (nSPS) is 15.5. The van der Waals surface area contributed by atoms with E-state index in [1.54, 1.807) is 36.0 Å². The summed E-state index contributed by atoms with van der Waals surface area (Å²) in [7, 11) is 3.59. The van der Waals surface area contributed by atoms with Crippen LogP contribution in [0, 0.1) is 5.82 Å². The average Bonchev–Trinajstić information content (AvgIpc) is 3.50. The minimum atomic E-state index is -0.366. The fourth-order valence-corrected chi connectivity index (χ4v) is 4.34. The van der Waals surface area contributed by atoms with Crippen LogP contribution in [0.5, 0.6) is 11.5 Å². The van der Waals surface area contributed by atoms with Crippen LogP contribution in [-0.2, 0) is 4.79 Å². The Labute approximate surface area is 213 Å². The maximum atomic E-state index is 13.8. The Morgan fingerprint density at radius 1 is 1.22 bits per heavy atom. The summed E-state index contributed by atoms with van der Waals surface area (Å²) in [6.07, 6.45) is 5.51. The van der Waals surface area contributed by atoms with Gasteiger partial charge in [-0.25, -0.2) is 9.37 Å². The Bertz CT molecular complexity index is 1470. The Morgan fingerprint density at radius 2 is 2.08 bits per heavy atom. The summed E-state index contributed by atoms with van der Waals surface area (Å²) in [5, 5.41) is 5.99. The van der Waals surface area contributed by atoms with Gasteiger partial charge in [0.15, 0.2) is 0 Å². The molecule has 2 aromatic heterocycles. The van der Waals surface area contributed by atoms with Gasteiger partial charge in [-0.1, -0.05) is 18.7 Å². The predicted molar refractivity (Wildman–Crippen MR) is 140 cm³/mol. The molecule has 1 atom stereocenters. The lowest BCUT2D eigenvalue weighted by Gasteiger charge is -2.20. The molecule has 1 saturated heterocycles. The molecule has 2 aromatic carbocycles. The van der Waals surface area contributed by atoms with E-state index in [2.05, 4.69) is 32.1 Å². The van der Waals surface area contributed by atoms with E-state index in [0.717, 1.165) is 25.1 Å². The molecule has 37 heavy (non-hydrogen) atoms. The van der Waals surface area contributed by atoms with E-state index in [4.69, 9.17) is 9.47 Å². The van der Waals surface area contributed by atoms with E-state index in [1.807, 2.05) is 25.4 Å². The summed E-state index contributed by atoms with van der Waals surface area (Å²) in [6, 6.07) is 11.6. The van der Waals surface area contributed by atoms with Gasteiger partial charge in [0.2, 0.25) is 11.9 Å². The highest BCUT2D eigenvalue weighted by Gasteiger charge is 2.23. The third-order valence-electron chi connectivity index (χ3n) is 6.17. The van der Waals surface area contributed by atoms with Crippen molar-refractivity contribution in [3.8, 4) is 22.6 Å². The molecular formula is C27H27FN6O3. The summed E-state index contributed by atoms with van der Waals surface area (Å²) in [5.41, 5.74) is 3.07. The number of halogens is 1. The first kappa shape index (κ1) is 24.3. The molecule has 0 spiro atoms. The zero-order chi connectivity index (χ0) is 25.9. The van der Waals surface area contributed by atoms with Gasteiger partial charge in [0.25, 0.3) is 0 Å². The zero-order valence-corrected chi connectivity index (χ0v) is 20.6. The zero-order valence-electron chi connectivity index (χ0n) is 20.6. The minimum Gasteiger partial charge on any atom is -0.494 e. The number of carbonyl (C=O) groups excluding carboxylic acids is 1. The van der Waals surface area contributed by atoms with Gasteiger partial charge in [0.1, 0.15) is 35.4 Å². The summed E-state index contributed by atoms with van der Waals surface area (Å²) in [4.78, 5) is 23.4. The first-order valence-electron chi connectivity index (χ1n) is 11.8. The SMILES string of the molecule is C=CC(=O)Nc1cc(Nc2ncn3ccc(-c4cccc(F)c4)c3n2)c(OC)cc1OC1CCN(C)C1. The third kappa shape index (κ3) is 5.24. The minimum absolute atomic E-state index is 0.00532. The first-order chi connectivity index (χ1) is 17.9. The molecule has 0 radical (unpaired) electrons. The molecule has 4 aromatic rings. The number of nitrogens with zero attached hydrogens (tertiary/aromatic N) is 4. The van der Waals surface area contributed by atoms with Crippen LogP contribution in [0.25, 0.3) is 16.8 Å². The van der Waals surface area contributed by atoms with Gasteiger partial charge in [0.05, 0.1) is 18.5 Å². The number of fused-ring (bicyclic) bond motifs is 1. The summed E-state index contributed by atoms with van der Waals surface area (Å²) in [6.45, 7) is 5.27. The Hall–Kier alpha value is -4.44. The number of likely N-dealkylation sites (N-methyl/N-ethyl adjacent to an activating group) is 1. The maximum Gasteiger partial charge on any atom is 0.247 e. The van der Waals surface area contributed by atoms with Crippen molar-refractivity contribution < 1.29 is 18.7 Å². The topological polar surface area (TPSA) is 93.0 Å². The summed E-state index contributed by atoms with van der Waals surface area (Å²) < 4.78 is 27.4. The highest BCUT2D eigenvalue weighted by molar-refractivity contribution is 6.00. The molecule has 1 fully saturated rings. The second-order valence-corrected chi connectivity index (χ2v) is 8.81. The van der Waals surface area contributed by atoms with Crippen molar-refractivity contribution in [3.05, 3.63) is 73.5 Å². The van der Waals surface area contributed by atoms with E-state index < -0.39 is 0 Å². The van der Waals surface area contributed by atoms with E-state index in [1.165, 1.54) is 18.2 Å².